The third kappa shape index (κ3) is 2.63. The van der Waals surface area contributed by atoms with Gasteiger partial charge in [0, 0.05) is 0 Å². The van der Waals surface area contributed by atoms with Gasteiger partial charge in [0.1, 0.15) is 6.23 Å². The summed E-state index contributed by atoms with van der Waals surface area (Å²) in [5.74, 6) is 0. The van der Waals surface area contributed by atoms with Crippen molar-refractivity contribution in [3.05, 3.63) is 0 Å². The largest absolute Gasteiger partial charge is 0.394 e. The molecule has 1 atom stereocenters. The molecule has 6 nitrogen and oxygen atoms in total. The summed E-state index contributed by atoms with van der Waals surface area (Å²) in [5, 5.41) is 45.6. The monoisotopic (exact) mass is 209 g/mol. The Balaban J connectivity index is 4.73. The average Bonchev–Trinajstić information content (AvgIpc) is 2.25. The summed E-state index contributed by atoms with van der Waals surface area (Å²) in [6, 6.07) is 0. The summed E-state index contributed by atoms with van der Waals surface area (Å²) in [4.78, 5) is 1.06. The van der Waals surface area contributed by atoms with Gasteiger partial charge in [0.25, 0.3) is 0 Å². The fourth-order valence-corrected chi connectivity index (χ4v) is 1.20. The van der Waals surface area contributed by atoms with Crippen LogP contribution in [0.25, 0.3) is 0 Å². The van der Waals surface area contributed by atoms with Crippen LogP contribution in [0.5, 0.6) is 0 Å². The minimum absolute atomic E-state index is 0.322. The van der Waals surface area contributed by atoms with Crippen molar-refractivity contribution in [1.29, 1.82) is 0 Å². The van der Waals surface area contributed by atoms with E-state index in [1.165, 1.54) is 0 Å². The number of hydrogen-bond acceptors (Lipinski definition) is 6. The Kier molecular flexibility index (Phi) is 6.17. The van der Waals surface area contributed by atoms with Gasteiger partial charge in [-0.25, -0.2) is 4.90 Å². The summed E-state index contributed by atoms with van der Waals surface area (Å²) >= 11 is 0. The van der Waals surface area contributed by atoms with Crippen molar-refractivity contribution >= 4 is 0 Å². The van der Waals surface area contributed by atoms with Gasteiger partial charge in [0.2, 0.25) is 0 Å². The Morgan fingerprint density at radius 1 is 1.07 bits per heavy atom. The van der Waals surface area contributed by atoms with Crippen molar-refractivity contribution in [3.63, 3.8) is 0 Å². The molecule has 0 saturated heterocycles. The van der Waals surface area contributed by atoms with Crippen LogP contribution in [0.1, 0.15) is 13.3 Å². The lowest BCUT2D eigenvalue weighted by molar-refractivity contribution is -0.156. The highest BCUT2D eigenvalue weighted by atomic mass is 16.3. The highest BCUT2D eigenvalue weighted by Crippen LogP contribution is 2.17. The van der Waals surface area contributed by atoms with E-state index < -0.39 is 38.3 Å². The van der Waals surface area contributed by atoms with E-state index in [1.54, 1.807) is 6.92 Å². The first-order valence-corrected chi connectivity index (χ1v) is 4.50. The lowest BCUT2D eigenvalue weighted by Gasteiger charge is -2.41. The molecule has 1 unspecified atom stereocenters. The second kappa shape index (κ2) is 6.28. The lowest BCUT2D eigenvalue weighted by atomic mass is 10.0. The number of aliphatic hydroxyl groups is 5. The zero-order valence-electron chi connectivity index (χ0n) is 8.30. The van der Waals surface area contributed by atoms with Gasteiger partial charge in [0.15, 0.2) is 0 Å². The molecule has 0 radical (unpaired) electrons. The maximum Gasteiger partial charge on any atom is 0.109 e. The molecule has 0 bridgehead atoms. The second-order valence-electron chi connectivity index (χ2n) is 3.20. The highest BCUT2D eigenvalue weighted by Gasteiger charge is 2.38. The number of aliphatic hydroxyl groups excluding tert-OH is 5. The molecule has 0 aliphatic rings. The van der Waals surface area contributed by atoms with Gasteiger partial charge in [-0.2, -0.15) is 0 Å². The molecular weight excluding hydrogens is 190 g/mol. The minimum Gasteiger partial charge on any atom is -0.394 e. The molecule has 0 aromatic rings. The van der Waals surface area contributed by atoms with Crippen LogP contribution in [0.3, 0.4) is 0 Å². The molecule has 0 amide bonds. The van der Waals surface area contributed by atoms with E-state index in [0.29, 0.717) is 6.42 Å². The number of nitrogens with zero attached hydrogens (tertiary/aromatic N) is 1. The Hall–Kier alpha value is -0.240. The first-order chi connectivity index (χ1) is 6.61. The van der Waals surface area contributed by atoms with Crippen LogP contribution in [0.4, 0.5) is 0 Å². The topological polar surface area (TPSA) is 104 Å². The van der Waals surface area contributed by atoms with Crippen LogP contribution in [0, 0.1) is 0 Å². The van der Waals surface area contributed by atoms with Gasteiger partial charge in [-0.3, -0.25) is 0 Å². The number of hydrogen-bond donors (Lipinski definition) is 5. The molecule has 86 valence electrons. The fourth-order valence-electron chi connectivity index (χ4n) is 1.20. The van der Waals surface area contributed by atoms with E-state index in [1.807, 2.05) is 0 Å². The molecule has 0 fully saturated rings. The standard InChI is InChI=1S/C8H19NO5/c1-2-7(14)9(6-13)8(3-10,4-11)5-12/h7,10-14H,2-6H2,1H3. The lowest BCUT2D eigenvalue weighted by Crippen LogP contribution is -2.61. The third-order valence-electron chi connectivity index (χ3n) is 2.37. The van der Waals surface area contributed by atoms with Gasteiger partial charge < -0.3 is 25.5 Å². The van der Waals surface area contributed by atoms with E-state index in [4.69, 9.17) is 20.4 Å². The van der Waals surface area contributed by atoms with Gasteiger partial charge in [0.05, 0.1) is 32.1 Å². The molecular formula is C8H19NO5. The summed E-state index contributed by atoms with van der Waals surface area (Å²) in [6.07, 6.45) is -0.686. The van der Waals surface area contributed by atoms with Gasteiger partial charge >= 0.3 is 0 Å². The Labute approximate surface area is 83.0 Å². The highest BCUT2D eigenvalue weighted by molar-refractivity contribution is 4.89. The van der Waals surface area contributed by atoms with Crippen molar-refractivity contribution in [2.24, 2.45) is 0 Å². The molecule has 0 heterocycles. The van der Waals surface area contributed by atoms with E-state index in [2.05, 4.69) is 0 Å². The summed E-state index contributed by atoms with van der Waals surface area (Å²) < 4.78 is 0. The minimum atomic E-state index is -1.38. The third-order valence-corrected chi connectivity index (χ3v) is 2.37. The van der Waals surface area contributed by atoms with Crippen molar-refractivity contribution in [2.75, 3.05) is 26.6 Å². The Morgan fingerprint density at radius 3 is 1.71 bits per heavy atom. The summed E-state index contributed by atoms with van der Waals surface area (Å²) in [5.41, 5.74) is -1.38. The molecule has 0 aromatic carbocycles. The molecule has 0 saturated carbocycles. The molecule has 5 N–H and O–H groups in total. The maximum atomic E-state index is 9.48. The Morgan fingerprint density at radius 2 is 1.50 bits per heavy atom. The van der Waals surface area contributed by atoms with Crippen molar-refractivity contribution < 1.29 is 25.5 Å². The molecule has 0 aliphatic heterocycles. The van der Waals surface area contributed by atoms with Crippen LogP contribution >= 0.6 is 0 Å². The van der Waals surface area contributed by atoms with Crippen molar-refractivity contribution in [2.45, 2.75) is 25.1 Å². The van der Waals surface area contributed by atoms with Crippen molar-refractivity contribution in [1.82, 2.24) is 4.90 Å². The first-order valence-electron chi connectivity index (χ1n) is 4.50. The van der Waals surface area contributed by atoms with E-state index in [0.717, 1.165) is 4.90 Å². The van der Waals surface area contributed by atoms with Gasteiger partial charge in [-0.1, -0.05) is 6.92 Å². The van der Waals surface area contributed by atoms with Crippen LogP contribution < -0.4 is 0 Å². The van der Waals surface area contributed by atoms with Crippen LogP contribution in [-0.4, -0.2) is 68.8 Å². The van der Waals surface area contributed by atoms with Gasteiger partial charge in [-0.15, -0.1) is 0 Å². The average molecular weight is 209 g/mol. The molecule has 0 aromatic heterocycles. The van der Waals surface area contributed by atoms with E-state index in [9.17, 15) is 5.11 Å². The zero-order chi connectivity index (χ0) is 11.2. The smallest absolute Gasteiger partial charge is 0.109 e. The maximum absolute atomic E-state index is 9.48. The van der Waals surface area contributed by atoms with Gasteiger partial charge in [-0.05, 0) is 6.42 Å². The van der Waals surface area contributed by atoms with Crippen LogP contribution in [-0.2, 0) is 0 Å². The van der Waals surface area contributed by atoms with E-state index >= 15 is 0 Å². The summed E-state index contributed by atoms with van der Waals surface area (Å²) in [6.45, 7) is -0.492. The van der Waals surface area contributed by atoms with Crippen LogP contribution in [0.2, 0.25) is 0 Å². The normalized spacial score (nSPS) is 14.8. The first kappa shape index (κ1) is 13.8. The predicted octanol–water partition coefficient (Wildman–Crippen LogP) is -2.32. The van der Waals surface area contributed by atoms with Crippen molar-refractivity contribution in [3.8, 4) is 0 Å². The predicted molar refractivity (Wildman–Crippen MR) is 49.2 cm³/mol. The molecule has 6 heteroatoms. The second-order valence-corrected chi connectivity index (χ2v) is 3.20. The molecule has 14 heavy (non-hydrogen) atoms. The molecule has 0 rings (SSSR count). The molecule has 0 spiro atoms. The molecule has 0 aliphatic carbocycles. The van der Waals surface area contributed by atoms with Crippen LogP contribution in [0.15, 0.2) is 0 Å². The summed E-state index contributed by atoms with van der Waals surface area (Å²) in [7, 11) is 0. The quantitative estimate of drug-likeness (QED) is 0.302. The van der Waals surface area contributed by atoms with E-state index in [-0.39, 0.29) is 0 Å². The zero-order valence-corrected chi connectivity index (χ0v) is 8.30. The Bertz CT molecular complexity index is 142. The SMILES string of the molecule is CCC(O)N(CO)C(CO)(CO)CO. The fraction of sp³-hybridized carbons (Fsp3) is 1.00. The number of rotatable bonds is 7.